The number of rotatable bonds is 6. The van der Waals surface area contributed by atoms with Crippen molar-refractivity contribution in [3.8, 4) is 5.69 Å². The minimum absolute atomic E-state index is 0.0232. The standard InChI is InChI=1S/C15H20N4O/c1-12(2)18-15(20)10-17-9-13-3-5-14(6-4-13)19-8-7-16-11-19/h3-8,11-12,17H,9-10H2,1-2H3,(H,18,20). The van der Waals surface area contributed by atoms with E-state index in [-0.39, 0.29) is 11.9 Å². The molecule has 5 nitrogen and oxygen atoms in total. The van der Waals surface area contributed by atoms with Gasteiger partial charge in [0.25, 0.3) is 0 Å². The van der Waals surface area contributed by atoms with E-state index in [1.54, 1.807) is 12.5 Å². The maximum atomic E-state index is 11.5. The van der Waals surface area contributed by atoms with Crippen molar-refractivity contribution in [2.75, 3.05) is 6.54 Å². The van der Waals surface area contributed by atoms with Crippen LogP contribution in [0.1, 0.15) is 19.4 Å². The zero-order valence-corrected chi connectivity index (χ0v) is 11.8. The Morgan fingerprint density at radius 2 is 2.05 bits per heavy atom. The molecule has 2 N–H and O–H groups in total. The van der Waals surface area contributed by atoms with Crippen molar-refractivity contribution in [1.29, 1.82) is 0 Å². The average Bonchev–Trinajstić information content (AvgIpc) is 2.92. The number of hydrogen-bond donors (Lipinski definition) is 2. The van der Waals surface area contributed by atoms with Crippen LogP contribution < -0.4 is 10.6 Å². The van der Waals surface area contributed by atoms with Crippen molar-refractivity contribution < 1.29 is 4.79 Å². The predicted molar refractivity (Wildman–Crippen MR) is 78.5 cm³/mol. The van der Waals surface area contributed by atoms with E-state index < -0.39 is 0 Å². The van der Waals surface area contributed by atoms with Crippen LogP contribution in [0.4, 0.5) is 0 Å². The summed E-state index contributed by atoms with van der Waals surface area (Å²) in [5.74, 6) is 0.0232. The Bertz CT molecular complexity index is 532. The molecule has 0 saturated heterocycles. The molecule has 1 aromatic heterocycles. The summed E-state index contributed by atoms with van der Waals surface area (Å²) in [6.07, 6.45) is 5.43. The number of carbonyl (C=O) groups excluding carboxylic acids is 1. The summed E-state index contributed by atoms with van der Waals surface area (Å²) >= 11 is 0. The van der Waals surface area contributed by atoms with Crippen molar-refractivity contribution in [3.05, 3.63) is 48.5 Å². The van der Waals surface area contributed by atoms with Gasteiger partial charge in [-0.3, -0.25) is 4.79 Å². The lowest BCUT2D eigenvalue weighted by Crippen LogP contribution is -2.37. The molecule has 0 aliphatic carbocycles. The van der Waals surface area contributed by atoms with Gasteiger partial charge in [0.05, 0.1) is 12.9 Å². The molecule has 1 heterocycles. The Morgan fingerprint density at radius 3 is 2.65 bits per heavy atom. The van der Waals surface area contributed by atoms with Crippen molar-refractivity contribution in [3.63, 3.8) is 0 Å². The van der Waals surface area contributed by atoms with Gasteiger partial charge in [0.15, 0.2) is 0 Å². The molecule has 2 aromatic rings. The van der Waals surface area contributed by atoms with Crippen LogP contribution in [0.5, 0.6) is 0 Å². The largest absolute Gasteiger partial charge is 0.353 e. The molecular formula is C15H20N4O. The number of carbonyl (C=O) groups is 1. The lowest BCUT2D eigenvalue weighted by Gasteiger charge is -2.09. The molecule has 0 unspecified atom stereocenters. The highest BCUT2D eigenvalue weighted by Gasteiger charge is 2.02. The molecule has 0 bridgehead atoms. The molecule has 0 fully saturated rings. The quantitative estimate of drug-likeness (QED) is 0.837. The number of nitrogens with zero attached hydrogens (tertiary/aromatic N) is 2. The molecule has 106 valence electrons. The van der Waals surface area contributed by atoms with E-state index in [1.807, 2.05) is 48.9 Å². The summed E-state index contributed by atoms with van der Waals surface area (Å²) < 4.78 is 1.95. The zero-order chi connectivity index (χ0) is 14.4. The fourth-order valence-corrected chi connectivity index (χ4v) is 1.89. The van der Waals surface area contributed by atoms with Gasteiger partial charge in [-0.25, -0.2) is 4.98 Å². The van der Waals surface area contributed by atoms with Crippen LogP contribution >= 0.6 is 0 Å². The van der Waals surface area contributed by atoms with Crippen LogP contribution in [-0.2, 0) is 11.3 Å². The first-order valence-corrected chi connectivity index (χ1v) is 6.72. The molecule has 0 saturated carbocycles. The Morgan fingerprint density at radius 1 is 1.30 bits per heavy atom. The molecule has 5 heteroatoms. The molecule has 0 spiro atoms. The number of imidazole rings is 1. The van der Waals surface area contributed by atoms with Gasteiger partial charge in [-0.05, 0) is 31.5 Å². The number of amides is 1. The third-order valence-corrected chi connectivity index (χ3v) is 2.80. The maximum absolute atomic E-state index is 11.5. The van der Waals surface area contributed by atoms with E-state index >= 15 is 0 Å². The van der Waals surface area contributed by atoms with Crippen molar-refractivity contribution in [2.24, 2.45) is 0 Å². The van der Waals surface area contributed by atoms with E-state index in [9.17, 15) is 4.79 Å². The minimum atomic E-state index is 0.0232. The van der Waals surface area contributed by atoms with Gasteiger partial charge in [-0.1, -0.05) is 12.1 Å². The van der Waals surface area contributed by atoms with Crippen LogP contribution in [0.2, 0.25) is 0 Å². The monoisotopic (exact) mass is 272 g/mol. The lowest BCUT2D eigenvalue weighted by molar-refractivity contribution is -0.120. The molecular weight excluding hydrogens is 252 g/mol. The SMILES string of the molecule is CC(C)NC(=O)CNCc1ccc(-n2ccnc2)cc1. The lowest BCUT2D eigenvalue weighted by atomic mass is 10.2. The second kappa shape index (κ2) is 6.86. The van der Waals surface area contributed by atoms with Crippen LogP contribution in [0.3, 0.4) is 0 Å². The first-order chi connectivity index (χ1) is 9.65. The van der Waals surface area contributed by atoms with Crippen molar-refractivity contribution >= 4 is 5.91 Å². The summed E-state index contributed by atoms with van der Waals surface area (Å²) in [6.45, 7) is 4.91. The smallest absolute Gasteiger partial charge is 0.234 e. The topological polar surface area (TPSA) is 59.0 Å². The highest BCUT2D eigenvalue weighted by atomic mass is 16.1. The summed E-state index contributed by atoms with van der Waals surface area (Å²) in [4.78, 5) is 15.5. The average molecular weight is 272 g/mol. The predicted octanol–water partition coefficient (Wildman–Crippen LogP) is 1.49. The van der Waals surface area contributed by atoms with Gasteiger partial charge >= 0.3 is 0 Å². The van der Waals surface area contributed by atoms with E-state index in [2.05, 4.69) is 15.6 Å². The van der Waals surface area contributed by atoms with Gasteiger partial charge in [0.1, 0.15) is 0 Å². The third kappa shape index (κ3) is 4.20. The summed E-state index contributed by atoms with van der Waals surface area (Å²) in [5.41, 5.74) is 2.22. The Labute approximate surface area is 119 Å². The minimum Gasteiger partial charge on any atom is -0.353 e. The second-order valence-electron chi connectivity index (χ2n) is 4.96. The first kappa shape index (κ1) is 14.3. The van der Waals surface area contributed by atoms with Crippen LogP contribution in [-0.4, -0.2) is 28.0 Å². The van der Waals surface area contributed by atoms with E-state index in [0.717, 1.165) is 11.3 Å². The van der Waals surface area contributed by atoms with E-state index in [1.165, 1.54) is 0 Å². The molecule has 1 aromatic carbocycles. The summed E-state index contributed by atoms with van der Waals surface area (Å²) in [5, 5.41) is 5.97. The Kier molecular flexibility index (Phi) is 4.90. The molecule has 0 radical (unpaired) electrons. The molecule has 0 aliphatic heterocycles. The van der Waals surface area contributed by atoms with Crippen LogP contribution in [0, 0.1) is 0 Å². The van der Waals surface area contributed by atoms with E-state index in [4.69, 9.17) is 0 Å². The summed E-state index contributed by atoms with van der Waals surface area (Å²) in [7, 11) is 0. The van der Waals surface area contributed by atoms with Gasteiger partial charge in [0, 0.05) is 30.7 Å². The second-order valence-corrected chi connectivity index (χ2v) is 4.96. The first-order valence-electron chi connectivity index (χ1n) is 6.72. The highest BCUT2D eigenvalue weighted by Crippen LogP contribution is 2.08. The van der Waals surface area contributed by atoms with Gasteiger partial charge in [-0.2, -0.15) is 0 Å². The van der Waals surface area contributed by atoms with Gasteiger partial charge in [-0.15, -0.1) is 0 Å². The zero-order valence-electron chi connectivity index (χ0n) is 11.8. The summed E-state index contributed by atoms with van der Waals surface area (Å²) in [6, 6.07) is 8.34. The normalized spacial score (nSPS) is 10.8. The van der Waals surface area contributed by atoms with Crippen LogP contribution in [0.25, 0.3) is 5.69 Å². The molecule has 2 rings (SSSR count). The van der Waals surface area contributed by atoms with Gasteiger partial charge < -0.3 is 15.2 Å². The van der Waals surface area contributed by atoms with E-state index in [0.29, 0.717) is 13.1 Å². The number of nitrogens with one attached hydrogen (secondary N) is 2. The molecule has 0 atom stereocenters. The molecule has 1 amide bonds. The fourth-order valence-electron chi connectivity index (χ4n) is 1.89. The van der Waals surface area contributed by atoms with Crippen molar-refractivity contribution in [1.82, 2.24) is 20.2 Å². The van der Waals surface area contributed by atoms with Crippen molar-refractivity contribution in [2.45, 2.75) is 26.4 Å². The fraction of sp³-hybridized carbons (Fsp3) is 0.333. The maximum Gasteiger partial charge on any atom is 0.234 e. The number of hydrogen-bond acceptors (Lipinski definition) is 3. The van der Waals surface area contributed by atoms with Crippen LogP contribution in [0.15, 0.2) is 43.0 Å². The highest BCUT2D eigenvalue weighted by molar-refractivity contribution is 5.78. The Hall–Kier alpha value is -2.14. The molecule has 20 heavy (non-hydrogen) atoms. The third-order valence-electron chi connectivity index (χ3n) is 2.80. The molecule has 0 aliphatic rings. The number of aromatic nitrogens is 2. The Balaban J connectivity index is 1.81. The van der Waals surface area contributed by atoms with Gasteiger partial charge in [0.2, 0.25) is 5.91 Å². The number of benzene rings is 1.